The van der Waals surface area contributed by atoms with Gasteiger partial charge in [-0.1, -0.05) is 12.1 Å². The van der Waals surface area contributed by atoms with Gasteiger partial charge < -0.3 is 4.57 Å². The van der Waals surface area contributed by atoms with E-state index in [0.717, 1.165) is 17.0 Å². The van der Waals surface area contributed by atoms with E-state index in [0.29, 0.717) is 6.54 Å². The Kier molecular flexibility index (Phi) is 4.72. The van der Waals surface area contributed by atoms with E-state index in [2.05, 4.69) is 36.2 Å². The first-order valence-corrected chi connectivity index (χ1v) is 8.34. The third kappa shape index (κ3) is 3.96. The summed E-state index contributed by atoms with van der Waals surface area (Å²) in [6.45, 7) is 7.00. The van der Waals surface area contributed by atoms with Gasteiger partial charge in [0.05, 0.1) is 17.8 Å². The summed E-state index contributed by atoms with van der Waals surface area (Å²) < 4.78 is 17.2. The third-order valence-corrected chi connectivity index (χ3v) is 4.15. The molecule has 1 atom stereocenters. The van der Waals surface area contributed by atoms with Crippen LogP contribution in [0, 0.1) is 5.82 Å². The van der Waals surface area contributed by atoms with Crippen molar-refractivity contribution in [2.45, 2.75) is 38.9 Å². The molecular formula is C19H24FN5. The summed E-state index contributed by atoms with van der Waals surface area (Å²) in [6.07, 6.45) is 7.60. The van der Waals surface area contributed by atoms with Gasteiger partial charge in [0, 0.05) is 37.7 Å². The number of halogens is 1. The molecule has 0 aliphatic carbocycles. The largest absolute Gasteiger partial charge is 0.336 e. The predicted octanol–water partition coefficient (Wildman–Crippen LogP) is 3.39. The summed E-state index contributed by atoms with van der Waals surface area (Å²) in [6, 6.07) is 6.41. The van der Waals surface area contributed by atoms with Gasteiger partial charge in [0.1, 0.15) is 11.6 Å². The quantitative estimate of drug-likeness (QED) is 0.774. The van der Waals surface area contributed by atoms with Crippen molar-refractivity contribution >= 4 is 0 Å². The van der Waals surface area contributed by atoms with Crippen molar-refractivity contribution in [3.05, 3.63) is 71.8 Å². The molecule has 0 amide bonds. The maximum Gasteiger partial charge on any atom is 0.130 e. The lowest BCUT2D eigenvalue weighted by atomic mass is 10.1. The normalized spacial score (nSPS) is 13.2. The number of imidazole rings is 1. The summed E-state index contributed by atoms with van der Waals surface area (Å²) in [7, 11) is 1.96. The van der Waals surface area contributed by atoms with Gasteiger partial charge in [-0.25, -0.2) is 9.37 Å². The molecule has 3 rings (SSSR count). The molecule has 0 bridgehead atoms. The van der Waals surface area contributed by atoms with Gasteiger partial charge in [0.15, 0.2) is 0 Å². The molecule has 3 aromatic rings. The van der Waals surface area contributed by atoms with Crippen molar-refractivity contribution < 1.29 is 4.39 Å². The number of hydrogen-bond acceptors (Lipinski definition) is 3. The van der Waals surface area contributed by atoms with Crippen LogP contribution in [-0.4, -0.2) is 19.3 Å². The Bertz CT molecular complexity index is 826. The highest BCUT2D eigenvalue weighted by Crippen LogP contribution is 2.22. The Hall–Kier alpha value is -2.47. The number of rotatable bonds is 5. The Morgan fingerprint density at radius 2 is 1.92 bits per heavy atom. The van der Waals surface area contributed by atoms with Crippen molar-refractivity contribution in [2.75, 3.05) is 0 Å². The molecule has 0 unspecified atom stereocenters. The molecule has 0 aliphatic rings. The number of benzene rings is 1. The zero-order valence-corrected chi connectivity index (χ0v) is 15.1. The van der Waals surface area contributed by atoms with Gasteiger partial charge >= 0.3 is 0 Å². The Labute approximate surface area is 147 Å². The maximum atomic E-state index is 13.3. The van der Waals surface area contributed by atoms with Crippen LogP contribution in [0.15, 0.2) is 49.1 Å². The predicted molar refractivity (Wildman–Crippen MR) is 95.5 cm³/mol. The molecule has 6 heteroatoms. The fourth-order valence-electron chi connectivity index (χ4n) is 2.71. The molecule has 1 aromatic carbocycles. The first-order valence-electron chi connectivity index (χ1n) is 8.34. The van der Waals surface area contributed by atoms with Crippen LogP contribution in [0.1, 0.15) is 43.8 Å². The minimum atomic E-state index is -0.242. The van der Waals surface area contributed by atoms with Crippen molar-refractivity contribution in [3.8, 4) is 0 Å². The molecule has 25 heavy (non-hydrogen) atoms. The van der Waals surface area contributed by atoms with Crippen LogP contribution in [0.2, 0.25) is 0 Å². The smallest absolute Gasteiger partial charge is 0.130 e. The lowest BCUT2D eigenvalue weighted by Crippen LogP contribution is -2.25. The molecule has 2 aromatic heterocycles. The van der Waals surface area contributed by atoms with E-state index < -0.39 is 0 Å². The molecule has 0 fully saturated rings. The van der Waals surface area contributed by atoms with Crippen molar-refractivity contribution in [2.24, 2.45) is 7.05 Å². The summed E-state index contributed by atoms with van der Waals surface area (Å²) in [5.41, 5.74) is 2.02. The monoisotopic (exact) mass is 341 g/mol. The van der Waals surface area contributed by atoms with Crippen LogP contribution in [0.4, 0.5) is 4.39 Å². The first kappa shape index (κ1) is 17.4. The highest BCUT2D eigenvalue weighted by atomic mass is 19.1. The minimum Gasteiger partial charge on any atom is -0.336 e. The molecule has 2 heterocycles. The van der Waals surface area contributed by atoms with Crippen LogP contribution in [-0.2, 0) is 19.1 Å². The van der Waals surface area contributed by atoms with Crippen LogP contribution in [0.3, 0.4) is 0 Å². The zero-order valence-electron chi connectivity index (χ0n) is 15.1. The van der Waals surface area contributed by atoms with Gasteiger partial charge in [-0.05, 0) is 38.5 Å². The highest BCUT2D eigenvalue weighted by Gasteiger charge is 2.19. The number of hydrogen-bond donors (Lipinski definition) is 1. The fourth-order valence-corrected chi connectivity index (χ4v) is 2.71. The van der Waals surface area contributed by atoms with Crippen LogP contribution in [0.25, 0.3) is 0 Å². The average molecular weight is 341 g/mol. The zero-order chi connectivity index (χ0) is 18.0. The number of nitrogens with zero attached hydrogens (tertiary/aromatic N) is 4. The van der Waals surface area contributed by atoms with Gasteiger partial charge in [-0.2, -0.15) is 5.10 Å². The lowest BCUT2D eigenvalue weighted by molar-refractivity contribution is 0.355. The SMILES string of the molecule is Cn1ccnc1[C@@H](NCc1cnn(C(C)(C)C)c1)c1ccc(F)cc1. The van der Waals surface area contributed by atoms with Gasteiger partial charge in [0.25, 0.3) is 0 Å². The Morgan fingerprint density at radius 3 is 2.48 bits per heavy atom. The van der Waals surface area contributed by atoms with E-state index in [4.69, 9.17) is 0 Å². The molecule has 0 aliphatic heterocycles. The second-order valence-corrected chi connectivity index (χ2v) is 7.23. The summed E-state index contributed by atoms with van der Waals surface area (Å²) in [4.78, 5) is 4.46. The molecule has 1 N–H and O–H groups in total. The highest BCUT2D eigenvalue weighted by molar-refractivity contribution is 5.26. The number of aryl methyl sites for hydroxylation is 1. The molecule has 0 saturated heterocycles. The van der Waals surface area contributed by atoms with E-state index in [9.17, 15) is 4.39 Å². The summed E-state index contributed by atoms with van der Waals surface area (Å²) >= 11 is 0. The molecule has 0 spiro atoms. The molecule has 5 nitrogen and oxygen atoms in total. The van der Waals surface area contributed by atoms with Gasteiger partial charge in [0.2, 0.25) is 0 Å². The van der Waals surface area contributed by atoms with E-state index in [1.807, 2.05) is 34.9 Å². The topological polar surface area (TPSA) is 47.7 Å². The van der Waals surface area contributed by atoms with E-state index >= 15 is 0 Å². The summed E-state index contributed by atoms with van der Waals surface area (Å²) in [5, 5.41) is 7.96. The fraction of sp³-hybridized carbons (Fsp3) is 0.368. The number of nitrogens with one attached hydrogen (secondary N) is 1. The molecular weight excluding hydrogens is 317 g/mol. The van der Waals surface area contributed by atoms with Crippen molar-refractivity contribution in [3.63, 3.8) is 0 Å². The Morgan fingerprint density at radius 1 is 1.20 bits per heavy atom. The second kappa shape index (κ2) is 6.80. The van der Waals surface area contributed by atoms with Gasteiger partial charge in [-0.3, -0.25) is 10.00 Å². The van der Waals surface area contributed by atoms with E-state index in [1.54, 1.807) is 18.3 Å². The van der Waals surface area contributed by atoms with E-state index in [-0.39, 0.29) is 17.4 Å². The van der Waals surface area contributed by atoms with Crippen LogP contribution >= 0.6 is 0 Å². The van der Waals surface area contributed by atoms with Crippen molar-refractivity contribution in [1.29, 1.82) is 0 Å². The lowest BCUT2D eigenvalue weighted by Gasteiger charge is -2.20. The average Bonchev–Trinajstić information content (AvgIpc) is 3.18. The third-order valence-electron chi connectivity index (χ3n) is 4.15. The van der Waals surface area contributed by atoms with Gasteiger partial charge in [-0.15, -0.1) is 0 Å². The number of aromatic nitrogens is 4. The van der Waals surface area contributed by atoms with E-state index in [1.165, 1.54) is 12.1 Å². The van der Waals surface area contributed by atoms with Crippen molar-refractivity contribution in [1.82, 2.24) is 24.6 Å². The van der Waals surface area contributed by atoms with Crippen LogP contribution < -0.4 is 5.32 Å². The minimum absolute atomic E-state index is 0.0473. The first-order chi connectivity index (χ1) is 11.8. The second-order valence-electron chi connectivity index (χ2n) is 7.23. The van der Waals surface area contributed by atoms with Crippen LogP contribution in [0.5, 0.6) is 0 Å². The Balaban J connectivity index is 1.82. The maximum absolute atomic E-state index is 13.3. The molecule has 132 valence electrons. The standard InChI is InChI=1S/C19H24FN5/c1-19(2,3)25-13-14(12-23-25)11-22-17(18-21-9-10-24(18)4)15-5-7-16(20)8-6-15/h5-10,12-13,17,22H,11H2,1-4H3/t17-/m0/s1. The molecule has 0 saturated carbocycles. The molecule has 0 radical (unpaired) electrons. The summed E-state index contributed by atoms with van der Waals surface area (Å²) in [5.74, 6) is 0.642.